The molecule has 2 atom stereocenters. The number of benzene rings is 1. The number of aliphatic hydroxyl groups excluding tert-OH is 1. The molecular formula is C16H24ClNO3. The van der Waals surface area contributed by atoms with Gasteiger partial charge in [-0.1, -0.05) is 11.6 Å². The summed E-state index contributed by atoms with van der Waals surface area (Å²) in [6.07, 6.45) is -0.559. The summed E-state index contributed by atoms with van der Waals surface area (Å²) in [6, 6.07) is 5.82. The number of hydrogen-bond acceptors (Lipinski definition) is 4. The maximum Gasteiger partial charge on any atom is 0.125 e. The number of ether oxygens (including phenoxy) is 2. The van der Waals surface area contributed by atoms with E-state index in [1.165, 1.54) is 0 Å². The SMILES string of the molecule is CC(C)N1CCOC(COc2ccc(Cl)cc2[C@H](C)O)C1. The van der Waals surface area contributed by atoms with Crippen molar-refractivity contribution in [2.75, 3.05) is 26.3 Å². The fraction of sp³-hybridized carbons (Fsp3) is 0.625. The summed E-state index contributed by atoms with van der Waals surface area (Å²) in [5, 5.41) is 10.4. The van der Waals surface area contributed by atoms with Crippen molar-refractivity contribution in [1.29, 1.82) is 0 Å². The van der Waals surface area contributed by atoms with Crippen molar-refractivity contribution in [1.82, 2.24) is 4.90 Å². The molecule has 1 heterocycles. The van der Waals surface area contributed by atoms with Crippen molar-refractivity contribution in [3.05, 3.63) is 28.8 Å². The van der Waals surface area contributed by atoms with E-state index in [1.54, 1.807) is 25.1 Å². The molecule has 21 heavy (non-hydrogen) atoms. The van der Waals surface area contributed by atoms with E-state index >= 15 is 0 Å². The second-order valence-electron chi connectivity index (χ2n) is 5.75. The fourth-order valence-corrected chi connectivity index (χ4v) is 2.65. The van der Waals surface area contributed by atoms with Gasteiger partial charge in [-0.25, -0.2) is 0 Å². The Bertz CT molecular complexity index is 465. The van der Waals surface area contributed by atoms with Crippen LogP contribution in [0.1, 0.15) is 32.4 Å². The molecule has 0 aliphatic carbocycles. The van der Waals surface area contributed by atoms with Gasteiger partial charge in [-0.15, -0.1) is 0 Å². The summed E-state index contributed by atoms with van der Waals surface area (Å²) in [5.74, 6) is 0.666. The van der Waals surface area contributed by atoms with Crippen molar-refractivity contribution in [2.24, 2.45) is 0 Å². The van der Waals surface area contributed by atoms with E-state index in [-0.39, 0.29) is 6.10 Å². The molecule has 118 valence electrons. The average molecular weight is 314 g/mol. The number of hydrogen-bond donors (Lipinski definition) is 1. The van der Waals surface area contributed by atoms with Crippen LogP contribution in [0, 0.1) is 0 Å². The van der Waals surface area contributed by atoms with Crippen LogP contribution < -0.4 is 4.74 Å². The minimum Gasteiger partial charge on any atom is -0.490 e. The third-order valence-corrected chi connectivity index (χ3v) is 3.98. The Morgan fingerprint density at radius 1 is 1.43 bits per heavy atom. The molecule has 0 radical (unpaired) electrons. The molecule has 1 aliphatic heterocycles. The fourth-order valence-electron chi connectivity index (χ4n) is 2.47. The van der Waals surface area contributed by atoms with Gasteiger partial charge in [-0.3, -0.25) is 4.90 Å². The second kappa shape index (κ2) is 7.45. The van der Waals surface area contributed by atoms with Crippen LogP contribution in [-0.4, -0.2) is 48.5 Å². The molecule has 1 aromatic rings. The van der Waals surface area contributed by atoms with Gasteiger partial charge in [-0.2, -0.15) is 0 Å². The van der Waals surface area contributed by atoms with Crippen molar-refractivity contribution < 1.29 is 14.6 Å². The van der Waals surface area contributed by atoms with Crippen LogP contribution in [0.25, 0.3) is 0 Å². The standard InChI is InChI=1S/C16H24ClNO3/c1-11(2)18-6-7-20-14(9-18)10-21-16-5-4-13(17)8-15(16)12(3)19/h4-5,8,11-12,14,19H,6-7,9-10H2,1-3H3/t12-,14?/m0/s1. The molecule has 1 fully saturated rings. The highest BCUT2D eigenvalue weighted by Crippen LogP contribution is 2.28. The maximum absolute atomic E-state index is 9.80. The minimum absolute atomic E-state index is 0.0543. The smallest absolute Gasteiger partial charge is 0.125 e. The summed E-state index contributed by atoms with van der Waals surface area (Å²) in [6.45, 7) is 9.13. The van der Waals surface area contributed by atoms with Crippen molar-refractivity contribution in [3.8, 4) is 5.75 Å². The molecule has 0 spiro atoms. The molecule has 0 saturated carbocycles. The third kappa shape index (κ3) is 4.58. The molecule has 4 nitrogen and oxygen atoms in total. The summed E-state index contributed by atoms with van der Waals surface area (Å²) in [4.78, 5) is 2.38. The minimum atomic E-state index is -0.613. The monoisotopic (exact) mass is 313 g/mol. The Labute approximate surface area is 131 Å². The van der Waals surface area contributed by atoms with E-state index in [4.69, 9.17) is 21.1 Å². The number of halogens is 1. The number of nitrogens with zero attached hydrogens (tertiary/aromatic N) is 1. The Morgan fingerprint density at radius 3 is 2.86 bits per heavy atom. The zero-order chi connectivity index (χ0) is 15.4. The molecule has 1 unspecified atom stereocenters. The molecule has 5 heteroatoms. The molecule has 1 saturated heterocycles. The van der Waals surface area contributed by atoms with Gasteiger partial charge in [0.25, 0.3) is 0 Å². The number of aliphatic hydroxyl groups is 1. The Kier molecular flexibility index (Phi) is 5.88. The largest absolute Gasteiger partial charge is 0.490 e. The first-order chi connectivity index (χ1) is 9.97. The lowest BCUT2D eigenvalue weighted by Crippen LogP contribution is -2.47. The second-order valence-corrected chi connectivity index (χ2v) is 6.19. The Morgan fingerprint density at radius 2 is 2.19 bits per heavy atom. The van der Waals surface area contributed by atoms with Gasteiger partial charge >= 0.3 is 0 Å². The van der Waals surface area contributed by atoms with E-state index < -0.39 is 6.10 Å². The molecule has 0 amide bonds. The molecule has 1 aliphatic rings. The van der Waals surface area contributed by atoms with E-state index in [0.717, 1.165) is 19.7 Å². The van der Waals surface area contributed by atoms with Gasteiger partial charge in [0.05, 0.1) is 12.7 Å². The van der Waals surface area contributed by atoms with E-state index in [2.05, 4.69) is 18.7 Å². The highest BCUT2D eigenvalue weighted by Gasteiger charge is 2.23. The first-order valence-corrected chi connectivity index (χ1v) is 7.81. The first kappa shape index (κ1) is 16.6. The van der Waals surface area contributed by atoms with Crippen LogP contribution in [0.4, 0.5) is 0 Å². The van der Waals surface area contributed by atoms with Gasteiger partial charge in [0.2, 0.25) is 0 Å². The highest BCUT2D eigenvalue weighted by atomic mass is 35.5. The summed E-state index contributed by atoms with van der Waals surface area (Å²) in [5.41, 5.74) is 0.707. The Hall–Kier alpha value is -0.810. The number of rotatable bonds is 5. The lowest BCUT2D eigenvalue weighted by Gasteiger charge is -2.35. The average Bonchev–Trinajstić information content (AvgIpc) is 2.46. The van der Waals surface area contributed by atoms with Gasteiger partial charge in [-0.05, 0) is 39.0 Å². The van der Waals surface area contributed by atoms with E-state index in [0.29, 0.717) is 29.0 Å². The number of morpholine rings is 1. The van der Waals surface area contributed by atoms with Crippen LogP contribution in [0.5, 0.6) is 5.75 Å². The topological polar surface area (TPSA) is 41.9 Å². The molecule has 2 rings (SSSR count). The molecular weight excluding hydrogens is 290 g/mol. The van der Waals surface area contributed by atoms with Crippen LogP contribution >= 0.6 is 11.6 Å². The highest BCUT2D eigenvalue weighted by molar-refractivity contribution is 6.30. The van der Waals surface area contributed by atoms with Crippen LogP contribution in [0.3, 0.4) is 0 Å². The maximum atomic E-state index is 9.80. The van der Waals surface area contributed by atoms with Crippen molar-refractivity contribution in [2.45, 2.75) is 39.0 Å². The lowest BCUT2D eigenvalue weighted by atomic mass is 10.1. The van der Waals surface area contributed by atoms with Crippen LogP contribution in [0.15, 0.2) is 18.2 Å². The summed E-state index contributed by atoms with van der Waals surface area (Å²) >= 11 is 5.97. The van der Waals surface area contributed by atoms with Crippen LogP contribution in [-0.2, 0) is 4.74 Å². The molecule has 0 aromatic heterocycles. The van der Waals surface area contributed by atoms with Gasteiger partial charge in [0.1, 0.15) is 18.5 Å². The summed E-state index contributed by atoms with van der Waals surface area (Å²) in [7, 11) is 0. The van der Waals surface area contributed by atoms with E-state index in [9.17, 15) is 5.11 Å². The Balaban J connectivity index is 1.96. The van der Waals surface area contributed by atoms with Gasteiger partial charge in [0.15, 0.2) is 0 Å². The van der Waals surface area contributed by atoms with E-state index in [1.807, 2.05) is 0 Å². The van der Waals surface area contributed by atoms with Gasteiger partial charge in [0, 0.05) is 29.7 Å². The third-order valence-electron chi connectivity index (χ3n) is 3.75. The predicted molar refractivity (Wildman–Crippen MR) is 84.0 cm³/mol. The first-order valence-electron chi connectivity index (χ1n) is 7.43. The van der Waals surface area contributed by atoms with Crippen LogP contribution in [0.2, 0.25) is 5.02 Å². The van der Waals surface area contributed by atoms with Crippen molar-refractivity contribution >= 4 is 11.6 Å². The zero-order valence-corrected chi connectivity index (χ0v) is 13.6. The van der Waals surface area contributed by atoms with Gasteiger partial charge < -0.3 is 14.6 Å². The normalized spacial score (nSPS) is 21.5. The molecule has 1 aromatic carbocycles. The van der Waals surface area contributed by atoms with Crippen molar-refractivity contribution in [3.63, 3.8) is 0 Å². The molecule has 1 N–H and O–H groups in total. The quantitative estimate of drug-likeness (QED) is 0.907. The lowest BCUT2D eigenvalue weighted by molar-refractivity contribution is -0.0567. The molecule has 0 bridgehead atoms. The predicted octanol–water partition coefficient (Wildman–Crippen LogP) is 2.88. The zero-order valence-electron chi connectivity index (χ0n) is 12.9. The summed E-state index contributed by atoms with van der Waals surface area (Å²) < 4.78 is 11.6.